The van der Waals surface area contributed by atoms with Gasteiger partial charge in [0, 0.05) is 18.1 Å². The van der Waals surface area contributed by atoms with E-state index in [-0.39, 0.29) is 6.03 Å². The van der Waals surface area contributed by atoms with E-state index in [0.717, 1.165) is 24.2 Å². The Morgan fingerprint density at radius 1 is 1.50 bits per heavy atom. The van der Waals surface area contributed by atoms with E-state index in [1.807, 2.05) is 18.2 Å². The van der Waals surface area contributed by atoms with E-state index in [1.54, 1.807) is 29.5 Å². The number of pyridine rings is 1. The molecule has 2 amide bonds. The first kappa shape index (κ1) is 15.0. The summed E-state index contributed by atoms with van der Waals surface area (Å²) in [4.78, 5) is 24.0. The normalized spacial score (nSPS) is 16.9. The first-order valence-electron chi connectivity index (χ1n) is 7.52. The van der Waals surface area contributed by atoms with Gasteiger partial charge in [0.05, 0.1) is 17.9 Å². The van der Waals surface area contributed by atoms with Gasteiger partial charge in [0.1, 0.15) is 0 Å². The first-order valence-corrected chi connectivity index (χ1v) is 8.34. The van der Waals surface area contributed by atoms with Crippen LogP contribution in [0.5, 0.6) is 0 Å². The zero-order valence-electron chi connectivity index (χ0n) is 12.9. The third-order valence-electron chi connectivity index (χ3n) is 3.87. The number of hydrogen-bond acceptors (Lipinski definition) is 4. The van der Waals surface area contributed by atoms with Gasteiger partial charge in [-0.05, 0) is 37.3 Å². The van der Waals surface area contributed by atoms with Crippen molar-refractivity contribution in [1.82, 2.24) is 14.9 Å². The number of hydrogen-bond donors (Lipinski definition) is 1. The fraction of sp³-hybridized carbons (Fsp3) is 0.438. The molecule has 0 radical (unpaired) electrons. The zero-order chi connectivity index (χ0) is 15.5. The molecule has 2 heterocycles. The highest BCUT2D eigenvalue weighted by molar-refractivity contribution is 7.15. The van der Waals surface area contributed by atoms with Gasteiger partial charge in [-0.1, -0.05) is 13.0 Å². The highest BCUT2D eigenvalue weighted by Gasteiger charge is 2.21. The quantitative estimate of drug-likeness (QED) is 0.945. The molecule has 0 fully saturated rings. The molecular weight excluding hydrogens is 296 g/mol. The van der Waals surface area contributed by atoms with Gasteiger partial charge in [-0.2, -0.15) is 0 Å². The number of aromatic nitrogens is 2. The van der Waals surface area contributed by atoms with Gasteiger partial charge in [-0.3, -0.25) is 10.3 Å². The summed E-state index contributed by atoms with van der Waals surface area (Å²) in [6, 6.07) is 5.55. The lowest BCUT2D eigenvalue weighted by atomic mass is 9.93. The largest absolute Gasteiger partial charge is 0.323 e. The molecule has 5 nitrogen and oxygen atoms in total. The van der Waals surface area contributed by atoms with E-state index >= 15 is 0 Å². The molecule has 0 spiro atoms. The summed E-state index contributed by atoms with van der Waals surface area (Å²) >= 11 is 1.61. The van der Waals surface area contributed by atoms with Crippen molar-refractivity contribution < 1.29 is 4.79 Å². The predicted octanol–water partition coefficient (Wildman–Crippen LogP) is 3.33. The summed E-state index contributed by atoms with van der Waals surface area (Å²) in [6.45, 7) is 2.75. The predicted molar refractivity (Wildman–Crippen MR) is 88.0 cm³/mol. The van der Waals surface area contributed by atoms with E-state index in [2.05, 4.69) is 22.2 Å². The molecule has 2 aromatic heterocycles. The fourth-order valence-electron chi connectivity index (χ4n) is 2.59. The summed E-state index contributed by atoms with van der Waals surface area (Å²) in [7, 11) is 1.76. The van der Waals surface area contributed by atoms with Crippen molar-refractivity contribution in [3.63, 3.8) is 0 Å². The average Bonchev–Trinajstić information content (AvgIpc) is 2.89. The molecule has 2 aromatic rings. The molecule has 116 valence electrons. The van der Waals surface area contributed by atoms with Gasteiger partial charge in [0.2, 0.25) is 0 Å². The van der Waals surface area contributed by atoms with Gasteiger partial charge in [-0.25, -0.2) is 9.78 Å². The smallest absolute Gasteiger partial charge is 0.322 e. The van der Waals surface area contributed by atoms with Crippen molar-refractivity contribution in [2.45, 2.75) is 32.7 Å². The number of fused-ring (bicyclic) bond motifs is 1. The van der Waals surface area contributed by atoms with Crippen LogP contribution in [0, 0.1) is 5.92 Å². The number of carbonyl (C=O) groups excluding carboxylic acids is 1. The Bertz CT molecular complexity index is 655. The molecule has 1 aliphatic carbocycles. The SMILES string of the molecule is CC1CCc2nc(NC(=O)N(C)Cc3ccccn3)sc2C1. The monoisotopic (exact) mass is 316 g/mol. The van der Waals surface area contributed by atoms with E-state index in [4.69, 9.17) is 0 Å². The maximum Gasteiger partial charge on any atom is 0.323 e. The minimum absolute atomic E-state index is 0.148. The van der Waals surface area contributed by atoms with Crippen molar-refractivity contribution in [1.29, 1.82) is 0 Å². The van der Waals surface area contributed by atoms with Crippen LogP contribution in [0.15, 0.2) is 24.4 Å². The van der Waals surface area contributed by atoms with Crippen molar-refractivity contribution in [2.75, 3.05) is 12.4 Å². The maximum absolute atomic E-state index is 12.2. The number of urea groups is 1. The second-order valence-corrected chi connectivity index (χ2v) is 6.93. The Morgan fingerprint density at radius 3 is 3.14 bits per heavy atom. The number of thiazole rings is 1. The number of nitrogens with one attached hydrogen (secondary N) is 1. The van der Waals surface area contributed by atoms with Gasteiger partial charge < -0.3 is 4.90 Å². The second kappa shape index (κ2) is 6.44. The lowest BCUT2D eigenvalue weighted by Gasteiger charge is -2.16. The Hall–Kier alpha value is -1.95. The average molecular weight is 316 g/mol. The topological polar surface area (TPSA) is 58.1 Å². The molecule has 1 atom stereocenters. The van der Waals surface area contributed by atoms with Crippen LogP contribution < -0.4 is 5.32 Å². The van der Waals surface area contributed by atoms with E-state index in [9.17, 15) is 4.79 Å². The molecule has 0 saturated heterocycles. The fourth-order valence-corrected chi connectivity index (χ4v) is 3.75. The number of carbonyl (C=O) groups is 1. The number of nitrogens with zero attached hydrogens (tertiary/aromatic N) is 3. The van der Waals surface area contributed by atoms with Gasteiger partial charge in [0.25, 0.3) is 0 Å². The van der Waals surface area contributed by atoms with Gasteiger partial charge in [0.15, 0.2) is 5.13 Å². The number of aryl methyl sites for hydroxylation is 1. The lowest BCUT2D eigenvalue weighted by Crippen LogP contribution is -2.31. The van der Waals surface area contributed by atoms with Gasteiger partial charge in [-0.15, -0.1) is 11.3 Å². The Balaban J connectivity index is 1.62. The number of amides is 2. The molecule has 1 aliphatic rings. The Kier molecular flexibility index (Phi) is 4.38. The standard InChI is InChI=1S/C16H20N4OS/c1-11-6-7-13-14(9-11)22-15(18-13)19-16(21)20(2)10-12-5-3-4-8-17-12/h3-5,8,11H,6-7,9-10H2,1-2H3,(H,18,19,21). The van der Waals surface area contributed by atoms with Crippen LogP contribution in [0.25, 0.3) is 0 Å². The van der Waals surface area contributed by atoms with Crippen LogP contribution in [0.4, 0.5) is 9.93 Å². The van der Waals surface area contributed by atoms with Gasteiger partial charge >= 0.3 is 6.03 Å². The molecule has 0 bridgehead atoms. The Labute approximate surface area is 134 Å². The zero-order valence-corrected chi connectivity index (χ0v) is 13.7. The first-order chi connectivity index (χ1) is 10.6. The third-order valence-corrected chi connectivity index (χ3v) is 4.91. The summed E-state index contributed by atoms with van der Waals surface area (Å²) in [6.07, 6.45) is 5.01. The van der Waals surface area contributed by atoms with Crippen LogP contribution in [-0.2, 0) is 19.4 Å². The van der Waals surface area contributed by atoms with Crippen LogP contribution in [0.1, 0.15) is 29.6 Å². The van der Waals surface area contributed by atoms with Crippen LogP contribution in [-0.4, -0.2) is 27.9 Å². The number of anilines is 1. The molecule has 0 saturated carbocycles. The minimum Gasteiger partial charge on any atom is -0.322 e. The van der Waals surface area contributed by atoms with Crippen molar-refractivity contribution >= 4 is 22.5 Å². The third kappa shape index (κ3) is 3.44. The molecule has 6 heteroatoms. The molecule has 1 unspecified atom stereocenters. The van der Waals surface area contributed by atoms with Crippen LogP contribution in [0.2, 0.25) is 0 Å². The molecule has 22 heavy (non-hydrogen) atoms. The summed E-state index contributed by atoms with van der Waals surface area (Å²) < 4.78 is 0. The second-order valence-electron chi connectivity index (χ2n) is 5.84. The lowest BCUT2D eigenvalue weighted by molar-refractivity contribution is 0.220. The highest BCUT2D eigenvalue weighted by Crippen LogP contribution is 2.32. The van der Waals surface area contributed by atoms with E-state index in [1.165, 1.54) is 11.3 Å². The van der Waals surface area contributed by atoms with Crippen molar-refractivity contribution in [3.05, 3.63) is 40.7 Å². The number of rotatable bonds is 3. The van der Waals surface area contributed by atoms with Crippen molar-refractivity contribution in [3.8, 4) is 0 Å². The van der Waals surface area contributed by atoms with Crippen LogP contribution >= 0.6 is 11.3 Å². The molecule has 0 aliphatic heterocycles. The van der Waals surface area contributed by atoms with Crippen molar-refractivity contribution in [2.24, 2.45) is 5.92 Å². The minimum atomic E-state index is -0.148. The summed E-state index contributed by atoms with van der Waals surface area (Å²) in [5, 5.41) is 3.61. The summed E-state index contributed by atoms with van der Waals surface area (Å²) in [5.41, 5.74) is 2.03. The maximum atomic E-state index is 12.2. The summed E-state index contributed by atoms with van der Waals surface area (Å²) in [5.74, 6) is 0.711. The molecule has 1 N–H and O–H groups in total. The highest BCUT2D eigenvalue weighted by atomic mass is 32.1. The van der Waals surface area contributed by atoms with Crippen LogP contribution in [0.3, 0.4) is 0 Å². The van der Waals surface area contributed by atoms with E-state index < -0.39 is 0 Å². The molecule has 3 rings (SSSR count). The molecule has 0 aromatic carbocycles. The Morgan fingerprint density at radius 2 is 2.36 bits per heavy atom. The van der Waals surface area contributed by atoms with E-state index in [0.29, 0.717) is 17.6 Å². The molecular formula is C16H20N4OS.